The zero-order valence-corrected chi connectivity index (χ0v) is 7.76. The molecule has 1 aromatic carbocycles. The number of esters is 1. The van der Waals surface area contributed by atoms with E-state index in [4.69, 9.17) is 5.73 Å². The Balaban J connectivity index is 3.14. The Kier molecular flexibility index (Phi) is 3.31. The van der Waals surface area contributed by atoms with Gasteiger partial charge in [0, 0.05) is 11.6 Å². The van der Waals surface area contributed by atoms with Gasteiger partial charge in [0.15, 0.2) is 11.6 Å². The van der Waals surface area contributed by atoms with Crippen molar-refractivity contribution in [2.24, 2.45) is 5.73 Å². The first kappa shape index (κ1) is 11.5. The Morgan fingerprint density at radius 3 is 2.33 bits per heavy atom. The van der Waals surface area contributed by atoms with E-state index in [2.05, 4.69) is 4.74 Å². The molecule has 0 aromatic heterocycles. The van der Waals surface area contributed by atoms with Crippen molar-refractivity contribution in [3.8, 4) is 0 Å². The molecule has 1 aromatic rings. The van der Waals surface area contributed by atoms with E-state index >= 15 is 0 Å². The SMILES string of the molecule is COC(=O)C(N)c1cc(F)c(F)cc1F. The predicted octanol–water partition coefficient (Wildman–Crippen LogP) is 1.28. The van der Waals surface area contributed by atoms with E-state index in [1.54, 1.807) is 0 Å². The summed E-state index contributed by atoms with van der Waals surface area (Å²) in [6.45, 7) is 0. The second-order valence-corrected chi connectivity index (χ2v) is 2.79. The molecule has 6 heteroatoms. The van der Waals surface area contributed by atoms with Gasteiger partial charge in [-0.3, -0.25) is 4.79 Å². The van der Waals surface area contributed by atoms with Gasteiger partial charge in [-0.25, -0.2) is 13.2 Å². The van der Waals surface area contributed by atoms with Gasteiger partial charge in [0.1, 0.15) is 11.9 Å². The van der Waals surface area contributed by atoms with Crippen LogP contribution in [0.1, 0.15) is 11.6 Å². The van der Waals surface area contributed by atoms with Crippen LogP contribution in [0, 0.1) is 17.5 Å². The molecule has 0 bridgehead atoms. The Hall–Kier alpha value is -1.56. The third kappa shape index (κ3) is 2.27. The van der Waals surface area contributed by atoms with E-state index in [0.29, 0.717) is 12.1 Å². The Labute approximate surface area is 83.6 Å². The highest BCUT2D eigenvalue weighted by Crippen LogP contribution is 2.19. The summed E-state index contributed by atoms with van der Waals surface area (Å²) in [7, 11) is 1.06. The van der Waals surface area contributed by atoms with Crippen molar-refractivity contribution in [2.75, 3.05) is 7.11 Å². The van der Waals surface area contributed by atoms with Crippen molar-refractivity contribution < 1.29 is 22.7 Å². The average molecular weight is 219 g/mol. The van der Waals surface area contributed by atoms with E-state index in [0.717, 1.165) is 7.11 Å². The first-order valence-electron chi connectivity index (χ1n) is 3.95. The summed E-state index contributed by atoms with van der Waals surface area (Å²) in [4.78, 5) is 10.9. The number of benzene rings is 1. The standard InChI is InChI=1S/C9H8F3NO2/c1-15-9(14)8(13)4-2-6(11)7(12)3-5(4)10/h2-3,8H,13H2,1H3. The second kappa shape index (κ2) is 4.31. The Bertz CT molecular complexity index is 395. The van der Waals surface area contributed by atoms with Gasteiger partial charge in [-0.15, -0.1) is 0 Å². The lowest BCUT2D eigenvalue weighted by Crippen LogP contribution is -2.24. The molecular weight excluding hydrogens is 211 g/mol. The van der Waals surface area contributed by atoms with Crippen LogP contribution in [-0.2, 0) is 9.53 Å². The van der Waals surface area contributed by atoms with E-state index in [-0.39, 0.29) is 0 Å². The van der Waals surface area contributed by atoms with Crippen molar-refractivity contribution in [1.29, 1.82) is 0 Å². The quantitative estimate of drug-likeness (QED) is 0.602. The fourth-order valence-electron chi connectivity index (χ4n) is 1.03. The zero-order chi connectivity index (χ0) is 11.6. The number of methoxy groups -OCH3 is 1. The molecule has 0 fully saturated rings. The van der Waals surface area contributed by atoms with Crippen LogP contribution in [0.25, 0.3) is 0 Å². The molecule has 1 unspecified atom stereocenters. The molecule has 1 atom stereocenters. The van der Waals surface area contributed by atoms with E-state index < -0.39 is 35.0 Å². The van der Waals surface area contributed by atoms with Crippen molar-refractivity contribution >= 4 is 5.97 Å². The van der Waals surface area contributed by atoms with E-state index in [1.165, 1.54) is 0 Å². The summed E-state index contributed by atoms with van der Waals surface area (Å²) in [6, 6.07) is -0.607. The van der Waals surface area contributed by atoms with Crippen molar-refractivity contribution in [1.82, 2.24) is 0 Å². The zero-order valence-electron chi connectivity index (χ0n) is 7.76. The Morgan fingerprint density at radius 2 is 1.80 bits per heavy atom. The maximum absolute atomic E-state index is 13.1. The third-order valence-corrected chi connectivity index (χ3v) is 1.83. The van der Waals surface area contributed by atoms with E-state index in [9.17, 15) is 18.0 Å². The predicted molar refractivity (Wildman–Crippen MR) is 45.3 cm³/mol. The number of rotatable bonds is 2. The van der Waals surface area contributed by atoms with Crippen LogP contribution >= 0.6 is 0 Å². The van der Waals surface area contributed by atoms with Gasteiger partial charge >= 0.3 is 5.97 Å². The highest BCUT2D eigenvalue weighted by Gasteiger charge is 2.22. The first-order valence-corrected chi connectivity index (χ1v) is 3.95. The summed E-state index contributed by atoms with van der Waals surface area (Å²) in [5.74, 6) is -4.63. The molecular formula is C9H8F3NO2. The van der Waals surface area contributed by atoms with E-state index in [1.807, 2.05) is 0 Å². The molecule has 0 aliphatic rings. The van der Waals surface area contributed by atoms with Crippen LogP contribution in [0.3, 0.4) is 0 Å². The van der Waals surface area contributed by atoms with Gasteiger partial charge in [0.25, 0.3) is 0 Å². The maximum atomic E-state index is 13.1. The minimum absolute atomic E-state index is 0.327. The Morgan fingerprint density at radius 1 is 1.27 bits per heavy atom. The molecule has 82 valence electrons. The number of nitrogens with two attached hydrogens (primary N) is 1. The van der Waals surface area contributed by atoms with Gasteiger partial charge in [-0.05, 0) is 6.07 Å². The van der Waals surface area contributed by atoms with Crippen LogP contribution < -0.4 is 5.73 Å². The molecule has 0 radical (unpaired) electrons. The fourth-order valence-corrected chi connectivity index (χ4v) is 1.03. The monoisotopic (exact) mass is 219 g/mol. The molecule has 0 aliphatic carbocycles. The first-order chi connectivity index (χ1) is 6.97. The van der Waals surface area contributed by atoms with Crippen LogP contribution in [0.5, 0.6) is 0 Å². The number of halogens is 3. The van der Waals surface area contributed by atoms with Crippen LogP contribution in [-0.4, -0.2) is 13.1 Å². The summed E-state index contributed by atoms with van der Waals surface area (Å²) in [6.07, 6.45) is 0. The molecule has 0 saturated carbocycles. The third-order valence-electron chi connectivity index (χ3n) is 1.83. The van der Waals surface area contributed by atoms with Gasteiger partial charge in [0.2, 0.25) is 0 Å². The number of hydrogen-bond donors (Lipinski definition) is 1. The molecule has 3 nitrogen and oxygen atoms in total. The highest BCUT2D eigenvalue weighted by molar-refractivity contribution is 5.77. The minimum atomic E-state index is -1.47. The van der Waals surface area contributed by atoms with Crippen molar-refractivity contribution in [3.05, 3.63) is 35.1 Å². The largest absolute Gasteiger partial charge is 0.468 e. The molecule has 0 amide bonds. The maximum Gasteiger partial charge on any atom is 0.327 e. The topological polar surface area (TPSA) is 52.3 Å². The molecule has 0 spiro atoms. The summed E-state index contributed by atoms with van der Waals surface area (Å²) in [5.41, 5.74) is 4.82. The average Bonchev–Trinajstić information content (AvgIpc) is 2.21. The lowest BCUT2D eigenvalue weighted by atomic mass is 10.1. The number of carbonyl (C=O) groups excluding carboxylic acids is 1. The lowest BCUT2D eigenvalue weighted by molar-refractivity contribution is -0.142. The number of hydrogen-bond acceptors (Lipinski definition) is 3. The van der Waals surface area contributed by atoms with Crippen molar-refractivity contribution in [3.63, 3.8) is 0 Å². The number of carbonyl (C=O) groups is 1. The van der Waals surface area contributed by atoms with Gasteiger partial charge in [-0.2, -0.15) is 0 Å². The summed E-state index contributed by atoms with van der Waals surface area (Å²) >= 11 is 0. The molecule has 1 rings (SSSR count). The molecule has 0 saturated heterocycles. The van der Waals surface area contributed by atoms with Gasteiger partial charge in [-0.1, -0.05) is 0 Å². The normalized spacial score (nSPS) is 12.3. The summed E-state index contributed by atoms with van der Waals surface area (Å²) in [5, 5.41) is 0. The highest BCUT2D eigenvalue weighted by atomic mass is 19.2. The molecule has 15 heavy (non-hydrogen) atoms. The summed E-state index contributed by atoms with van der Waals surface area (Å²) < 4.78 is 42.6. The van der Waals surface area contributed by atoms with Gasteiger partial charge in [0.05, 0.1) is 7.11 Å². The van der Waals surface area contributed by atoms with Gasteiger partial charge < -0.3 is 10.5 Å². The molecule has 0 heterocycles. The fraction of sp³-hybridized carbons (Fsp3) is 0.222. The number of ether oxygens (including phenoxy) is 1. The minimum Gasteiger partial charge on any atom is -0.468 e. The lowest BCUT2D eigenvalue weighted by Gasteiger charge is -2.10. The van der Waals surface area contributed by atoms with Crippen molar-refractivity contribution in [2.45, 2.75) is 6.04 Å². The van der Waals surface area contributed by atoms with Crippen LogP contribution in [0.2, 0.25) is 0 Å². The van der Waals surface area contributed by atoms with Crippen LogP contribution in [0.15, 0.2) is 12.1 Å². The second-order valence-electron chi connectivity index (χ2n) is 2.79. The molecule has 0 aliphatic heterocycles. The van der Waals surface area contributed by atoms with Crippen LogP contribution in [0.4, 0.5) is 13.2 Å². The smallest absolute Gasteiger partial charge is 0.327 e. The molecule has 2 N–H and O–H groups in total.